The summed E-state index contributed by atoms with van der Waals surface area (Å²) in [5.74, 6) is -0.672. The average Bonchev–Trinajstić information content (AvgIpc) is 2.53. The van der Waals surface area contributed by atoms with E-state index in [0.29, 0.717) is 22.0 Å². The highest BCUT2D eigenvalue weighted by Crippen LogP contribution is 2.25. The Bertz CT molecular complexity index is 783. The van der Waals surface area contributed by atoms with Crippen LogP contribution in [-0.2, 0) is 9.59 Å². The zero-order chi connectivity index (χ0) is 16.8. The van der Waals surface area contributed by atoms with Crippen molar-refractivity contribution < 1.29 is 9.59 Å². The quantitative estimate of drug-likeness (QED) is 0.937. The minimum absolute atomic E-state index is 0.171. The molecule has 0 aliphatic heterocycles. The fourth-order valence-electron chi connectivity index (χ4n) is 2.05. The Morgan fingerprint density at radius 3 is 2.61 bits per heavy atom. The van der Waals surface area contributed by atoms with Gasteiger partial charge >= 0.3 is 0 Å². The second-order valence-electron chi connectivity index (χ2n) is 4.80. The second kappa shape index (κ2) is 7.43. The lowest BCUT2D eigenvalue weighted by atomic mass is 10.2. The summed E-state index contributed by atoms with van der Waals surface area (Å²) in [4.78, 5) is 25.3. The molecule has 6 heteroatoms. The van der Waals surface area contributed by atoms with Crippen molar-refractivity contribution in [2.75, 3.05) is 16.8 Å². The molecule has 0 aliphatic rings. The van der Waals surface area contributed by atoms with Crippen molar-refractivity contribution >= 4 is 34.8 Å². The van der Waals surface area contributed by atoms with E-state index >= 15 is 0 Å². The summed E-state index contributed by atoms with van der Waals surface area (Å²) in [5, 5.41) is 11.9. The molecule has 0 aliphatic carbocycles. The number of hydrogen-bond donors (Lipinski definition) is 1. The molecule has 0 fully saturated rings. The van der Waals surface area contributed by atoms with E-state index in [1.807, 2.05) is 6.07 Å². The molecular formula is C17H14ClN3O2. The van der Waals surface area contributed by atoms with E-state index in [4.69, 9.17) is 16.9 Å². The monoisotopic (exact) mass is 327 g/mol. The van der Waals surface area contributed by atoms with E-state index in [1.54, 1.807) is 48.5 Å². The number of carbonyl (C=O) groups is 2. The van der Waals surface area contributed by atoms with Gasteiger partial charge in [-0.15, -0.1) is 0 Å². The van der Waals surface area contributed by atoms with Crippen LogP contribution in [-0.4, -0.2) is 18.4 Å². The first-order valence-corrected chi connectivity index (χ1v) is 7.21. The zero-order valence-corrected chi connectivity index (χ0v) is 13.2. The highest BCUT2D eigenvalue weighted by molar-refractivity contribution is 6.33. The van der Waals surface area contributed by atoms with Crippen molar-refractivity contribution in [3.63, 3.8) is 0 Å². The summed E-state index contributed by atoms with van der Waals surface area (Å²) in [6, 6.07) is 15.4. The van der Waals surface area contributed by atoms with Crippen molar-refractivity contribution in [3.8, 4) is 6.07 Å². The molecular weight excluding hydrogens is 314 g/mol. The van der Waals surface area contributed by atoms with Gasteiger partial charge in [0, 0.05) is 12.6 Å². The minimum Gasteiger partial charge on any atom is -0.324 e. The molecule has 2 aromatic carbocycles. The summed E-state index contributed by atoms with van der Waals surface area (Å²) in [7, 11) is 0. The van der Waals surface area contributed by atoms with Gasteiger partial charge in [-0.2, -0.15) is 5.26 Å². The average molecular weight is 328 g/mol. The Labute approximate surface area is 139 Å². The third-order valence-corrected chi connectivity index (χ3v) is 3.42. The number of benzene rings is 2. The smallest absolute Gasteiger partial charge is 0.244 e. The van der Waals surface area contributed by atoms with E-state index in [9.17, 15) is 9.59 Å². The van der Waals surface area contributed by atoms with Gasteiger partial charge in [0.25, 0.3) is 0 Å². The van der Waals surface area contributed by atoms with Gasteiger partial charge in [-0.1, -0.05) is 29.8 Å². The topological polar surface area (TPSA) is 73.2 Å². The maximum atomic E-state index is 12.2. The molecule has 2 amide bonds. The van der Waals surface area contributed by atoms with Gasteiger partial charge in [-0.25, -0.2) is 0 Å². The number of para-hydroxylation sites is 1. The van der Waals surface area contributed by atoms with Crippen LogP contribution in [0.1, 0.15) is 12.5 Å². The molecule has 0 saturated heterocycles. The largest absolute Gasteiger partial charge is 0.324 e. The van der Waals surface area contributed by atoms with Crippen LogP contribution in [0.4, 0.5) is 11.4 Å². The first-order chi connectivity index (χ1) is 11.0. The molecule has 2 rings (SSSR count). The van der Waals surface area contributed by atoms with Crippen LogP contribution in [0.5, 0.6) is 0 Å². The Morgan fingerprint density at radius 2 is 1.96 bits per heavy atom. The van der Waals surface area contributed by atoms with Gasteiger partial charge in [-0.05, 0) is 30.3 Å². The number of anilines is 2. The molecule has 0 spiro atoms. The van der Waals surface area contributed by atoms with Crippen molar-refractivity contribution in [2.24, 2.45) is 0 Å². The molecule has 0 saturated carbocycles. The van der Waals surface area contributed by atoms with Gasteiger partial charge in [0.15, 0.2) is 0 Å². The van der Waals surface area contributed by atoms with Crippen LogP contribution in [0.25, 0.3) is 0 Å². The summed E-state index contributed by atoms with van der Waals surface area (Å²) < 4.78 is 0. The van der Waals surface area contributed by atoms with Gasteiger partial charge in [0.05, 0.1) is 22.3 Å². The number of rotatable bonds is 4. The van der Waals surface area contributed by atoms with Crippen LogP contribution in [0.2, 0.25) is 5.02 Å². The van der Waals surface area contributed by atoms with E-state index in [2.05, 4.69) is 5.32 Å². The predicted octanol–water partition coefficient (Wildman–Crippen LogP) is 3.20. The fraction of sp³-hybridized carbons (Fsp3) is 0.118. The van der Waals surface area contributed by atoms with Crippen molar-refractivity contribution in [3.05, 3.63) is 59.1 Å². The minimum atomic E-state index is -0.379. The number of carbonyl (C=O) groups excluding carboxylic acids is 2. The molecule has 0 heterocycles. The van der Waals surface area contributed by atoms with Crippen LogP contribution in [0, 0.1) is 11.3 Å². The third-order valence-electron chi connectivity index (χ3n) is 3.10. The van der Waals surface area contributed by atoms with Gasteiger partial charge < -0.3 is 10.2 Å². The molecule has 2 aromatic rings. The zero-order valence-electron chi connectivity index (χ0n) is 12.4. The SMILES string of the molecule is CC(=O)N(CC(=O)Nc1cccc(C#N)c1)c1ccccc1Cl. The first kappa shape index (κ1) is 16.5. The lowest BCUT2D eigenvalue weighted by Crippen LogP contribution is -2.36. The van der Waals surface area contributed by atoms with E-state index in [1.165, 1.54) is 11.8 Å². The Morgan fingerprint density at radius 1 is 1.22 bits per heavy atom. The summed E-state index contributed by atoms with van der Waals surface area (Å²) in [6.45, 7) is 1.20. The molecule has 0 aromatic heterocycles. The summed E-state index contributed by atoms with van der Waals surface area (Å²) in [6.07, 6.45) is 0. The fourth-order valence-corrected chi connectivity index (χ4v) is 2.29. The van der Waals surface area contributed by atoms with E-state index < -0.39 is 0 Å². The standard InChI is InChI=1S/C17H14ClN3O2/c1-12(22)21(16-8-3-2-7-15(16)18)11-17(23)20-14-6-4-5-13(9-14)10-19/h2-9H,11H2,1H3,(H,20,23). The predicted molar refractivity (Wildman–Crippen MR) is 89.3 cm³/mol. The molecule has 5 nitrogen and oxygen atoms in total. The van der Waals surface area contributed by atoms with Crippen LogP contribution in [0.3, 0.4) is 0 Å². The number of nitrogens with zero attached hydrogens (tertiary/aromatic N) is 2. The molecule has 1 N–H and O–H groups in total. The summed E-state index contributed by atoms with van der Waals surface area (Å²) in [5.41, 5.74) is 1.41. The first-order valence-electron chi connectivity index (χ1n) is 6.84. The molecule has 116 valence electrons. The second-order valence-corrected chi connectivity index (χ2v) is 5.20. The van der Waals surface area contributed by atoms with Crippen molar-refractivity contribution in [1.82, 2.24) is 0 Å². The van der Waals surface area contributed by atoms with Crippen LogP contribution < -0.4 is 10.2 Å². The van der Waals surface area contributed by atoms with Gasteiger partial charge in [-0.3, -0.25) is 9.59 Å². The van der Waals surface area contributed by atoms with Gasteiger partial charge in [0.1, 0.15) is 6.54 Å². The number of nitriles is 1. The molecule has 0 unspecified atom stereocenters. The van der Waals surface area contributed by atoms with Crippen molar-refractivity contribution in [1.29, 1.82) is 5.26 Å². The molecule has 0 radical (unpaired) electrons. The van der Waals surface area contributed by atoms with Crippen LogP contribution >= 0.6 is 11.6 Å². The lowest BCUT2D eigenvalue weighted by molar-refractivity contribution is -0.120. The molecule has 0 atom stereocenters. The number of hydrogen-bond acceptors (Lipinski definition) is 3. The Kier molecular flexibility index (Phi) is 5.34. The number of halogens is 1. The highest BCUT2D eigenvalue weighted by atomic mass is 35.5. The van der Waals surface area contributed by atoms with E-state index in [-0.39, 0.29) is 18.4 Å². The number of amides is 2. The van der Waals surface area contributed by atoms with E-state index in [0.717, 1.165) is 0 Å². The normalized spacial score (nSPS) is 9.78. The molecule has 23 heavy (non-hydrogen) atoms. The summed E-state index contributed by atoms with van der Waals surface area (Å²) >= 11 is 6.08. The third kappa shape index (κ3) is 4.31. The van der Waals surface area contributed by atoms with Crippen molar-refractivity contribution in [2.45, 2.75) is 6.92 Å². The maximum Gasteiger partial charge on any atom is 0.244 e. The maximum absolute atomic E-state index is 12.2. The Balaban J connectivity index is 2.14. The lowest BCUT2D eigenvalue weighted by Gasteiger charge is -2.21. The van der Waals surface area contributed by atoms with Gasteiger partial charge in [0.2, 0.25) is 11.8 Å². The highest BCUT2D eigenvalue weighted by Gasteiger charge is 2.18. The Hall–Kier alpha value is -2.84. The number of nitrogens with one attached hydrogen (secondary N) is 1. The van der Waals surface area contributed by atoms with Crippen LogP contribution in [0.15, 0.2) is 48.5 Å². The molecule has 0 bridgehead atoms.